The van der Waals surface area contributed by atoms with Crippen molar-refractivity contribution in [1.29, 1.82) is 0 Å². The van der Waals surface area contributed by atoms with E-state index in [0.717, 1.165) is 0 Å². The van der Waals surface area contributed by atoms with Crippen LogP contribution in [-0.2, 0) is 0 Å². The molecule has 0 fully saturated rings. The van der Waals surface area contributed by atoms with Crippen molar-refractivity contribution >= 4 is 51.5 Å². The molecule has 2 aromatic rings. The van der Waals surface area contributed by atoms with E-state index in [-0.39, 0.29) is 18.7 Å². The van der Waals surface area contributed by atoms with Crippen molar-refractivity contribution in [3.8, 4) is 0 Å². The summed E-state index contributed by atoms with van der Waals surface area (Å²) in [6.45, 7) is 0. The molecule has 0 radical (unpaired) electrons. The third-order valence-corrected chi connectivity index (χ3v) is 6.19. The van der Waals surface area contributed by atoms with Crippen LogP contribution < -0.4 is 8.51 Å². The molecule has 0 spiro atoms. The zero-order chi connectivity index (χ0) is 10.8. The van der Waals surface area contributed by atoms with E-state index in [1.807, 2.05) is 0 Å². The van der Waals surface area contributed by atoms with Crippen LogP contribution in [0, 0.1) is 0 Å². The minimum absolute atomic E-state index is 0.222. The van der Waals surface area contributed by atoms with E-state index >= 15 is 0 Å². The summed E-state index contributed by atoms with van der Waals surface area (Å²) in [6, 6.07) is 13.0. The van der Waals surface area contributed by atoms with Gasteiger partial charge < -0.3 is 0 Å². The van der Waals surface area contributed by atoms with Gasteiger partial charge >= 0.3 is 107 Å². The summed E-state index contributed by atoms with van der Waals surface area (Å²) >= 11 is 3.45. The summed E-state index contributed by atoms with van der Waals surface area (Å²) in [5.41, 5.74) is 1.31. The Labute approximate surface area is 106 Å². The molecule has 78 valence electrons. The van der Waals surface area contributed by atoms with Crippen molar-refractivity contribution < 1.29 is 0 Å². The molecule has 0 unspecified atom stereocenters. The van der Waals surface area contributed by atoms with E-state index in [1.54, 1.807) is 0 Å². The average Bonchev–Trinajstić information content (AvgIpc) is 2.27. The Hall–Kier alpha value is -0.230. The number of fused-ring (bicyclic) bond motifs is 1. The Morgan fingerprint density at radius 3 is 2.33 bits per heavy atom. The fourth-order valence-corrected chi connectivity index (χ4v) is 4.76. The van der Waals surface area contributed by atoms with Crippen LogP contribution in [0.3, 0.4) is 0 Å². The maximum atomic E-state index is 3.67. The molecule has 0 aliphatic rings. The van der Waals surface area contributed by atoms with Gasteiger partial charge in [-0.1, -0.05) is 0 Å². The molecule has 0 heterocycles. The fourth-order valence-electron chi connectivity index (χ4n) is 1.72. The quantitative estimate of drug-likeness (QED) is 0.727. The number of anilines is 1. The number of nitrogens with zero attached hydrogens (tertiary/aromatic N) is 1. The van der Waals surface area contributed by atoms with Gasteiger partial charge in [0.25, 0.3) is 0 Å². The summed E-state index contributed by atoms with van der Waals surface area (Å²) in [5.74, 6) is 0. The van der Waals surface area contributed by atoms with Crippen LogP contribution in [0.25, 0.3) is 10.8 Å². The molecule has 0 atom stereocenters. The standard InChI is InChI=1S/C12H12BrNTe/c1-14(2)10-7-3-5-9-6-4-8-11(15-13)12(9)10/h3-8H,1-2H3. The first-order chi connectivity index (χ1) is 7.24. The molecule has 15 heavy (non-hydrogen) atoms. The maximum absolute atomic E-state index is 3.67. The summed E-state index contributed by atoms with van der Waals surface area (Å²) < 4.78 is 1.47. The Morgan fingerprint density at radius 2 is 1.73 bits per heavy atom. The van der Waals surface area contributed by atoms with Crippen LogP contribution in [0.2, 0.25) is 0 Å². The molecule has 0 amide bonds. The topological polar surface area (TPSA) is 3.24 Å². The van der Waals surface area contributed by atoms with Crippen LogP contribution in [0.15, 0.2) is 36.4 Å². The van der Waals surface area contributed by atoms with Crippen molar-refractivity contribution in [2.45, 2.75) is 0 Å². The van der Waals surface area contributed by atoms with Gasteiger partial charge in [-0.2, -0.15) is 0 Å². The van der Waals surface area contributed by atoms with Gasteiger partial charge in [-0.05, 0) is 0 Å². The number of hydrogen-bond acceptors (Lipinski definition) is 1. The first-order valence-electron chi connectivity index (χ1n) is 4.71. The first kappa shape index (κ1) is 11.3. The summed E-state index contributed by atoms with van der Waals surface area (Å²) in [6.07, 6.45) is 0. The van der Waals surface area contributed by atoms with E-state index in [0.29, 0.717) is 0 Å². The Kier molecular flexibility index (Phi) is 3.56. The molecule has 0 saturated carbocycles. The number of rotatable bonds is 2. The second kappa shape index (κ2) is 4.74. The van der Waals surface area contributed by atoms with Gasteiger partial charge in [-0.25, -0.2) is 0 Å². The zero-order valence-electron chi connectivity index (χ0n) is 8.70. The van der Waals surface area contributed by atoms with E-state index in [4.69, 9.17) is 0 Å². The van der Waals surface area contributed by atoms with Gasteiger partial charge in [0.2, 0.25) is 0 Å². The molecule has 0 aliphatic heterocycles. The number of benzene rings is 2. The summed E-state index contributed by atoms with van der Waals surface area (Å²) in [5, 5.41) is 2.74. The number of halogens is 1. The van der Waals surface area contributed by atoms with E-state index in [2.05, 4.69) is 68.1 Å². The van der Waals surface area contributed by atoms with Crippen molar-refractivity contribution in [1.82, 2.24) is 0 Å². The molecular formula is C12H12BrNTe. The predicted molar refractivity (Wildman–Crippen MR) is 72.6 cm³/mol. The molecule has 0 saturated heterocycles. The minimum atomic E-state index is -0.222. The second-order valence-corrected chi connectivity index (χ2v) is 7.47. The summed E-state index contributed by atoms with van der Waals surface area (Å²) in [7, 11) is 4.20. The van der Waals surface area contributed by atoms with Crippen molar-refractivity contribution in [3.05, 3.63) is 36.4 Å². The third kappa shape index (κ3) is 2.15. The SMILES string of the molecule is CN(C)c1cccc2cccc([Te]Br)c12. The van der Waals surface area contributed by atoms with Crippen LogP contribution in [0.5, 0.6) is 0 Å². The molecule has 0 N–H and O–H groups in total. The van der Waals surface area contributed by atoms with Crippen LogP contribution >= 0.6 is 12.8 Å². The van der Waals surface area contributed by atoms with Gasteiger partial charge in [0.05, 0.1) is 0 Å². The molecule has 1 nitrogen and oxygen atoms in total. The van der Waals surface area contributed by atoms with E-state index in [1.165, 1.54) is 20.1 Å². The Balaban J connectivity index is 2.81. The van der Waals surface area contributed by atoms with Crippen LogP contribution in [-0.4, -0.2) is 32.8 Å². The van der Waals surface area contributed by atoms with Crippen molar-refractivity contribution in [3.63, 3.8) is 0 Å². The van der Waals surface area contributed by atoms with Crippen molar-refractivity contribution in [2.24, 2.45) is 0 Å². The monoisotopic (exact) mass is 379 g/mol. The summed E-state index contributed by atoms with van der Waals surface area (Å²) in [4.78, 5) is 2.18. The second-order valence-electron chi connectivity index (χ2n) is 3.60. The normalized spacial score (nSPS) is 10.6. The molecule has 2 rings (SSSR count). The predicted octanol–water partition coefficient (Wildman–Crippen LogP) is 2.55. The molecule has 0 aromatic heterocycles. The van der Waals surface area contributed by atoms with Gasteiger partial charge in [0.1, 0.15) is 0 Å². The molecule has 3 heteroatoms. The zero-order valence-corrected chi connectivity index (χ0v) is 12.6. The Morgan fingerprint density at radius 1 is 1.07 bits per heavy atom. The van der Waals surface area contributed by atoms with Crippen LogP contribution in [0.4, 0.5) is 5.69 Å². The first-order valence-corrected chi connectivity index (χ1v) is 11.1. The molecule has 0 aliphatic carbocycles. The van der Waals surface area contributed by atoms with Gasteiger partial charge in [-0.15, -0.1) is 0 Å². The molecular weight excluding hydrogens is 366 g/mol. The van der Waals surface area contributed by atoms with Gasteiger partial charge in [-0.3, -0.25) is 0 Å². The third-order valence-electron chi connectivity index (χ3n) is 2.41. The van der Waals surface area contributed by atoms with Crippen LogP contribution in [0.1, 0.15) is 0 Å². The molecule has 2 aromatic carbocycles. The molecule has 0 bridgehead atoms. The van der Waals surface area contributed by atoms with Crippen molar-refractivity contribution in [2.75, 3.05) is 19.0 Å². The fraction of sp³-hybridized carbons (Fsp3) is 0.167. The average molecular weight is 378 g/mol. The van der Waals surface area contributed by atoms with E-state index < -0.39 is 0 Å². The van der Waals surface area contributed by atoms with Gasteiger partial charge in [0.15, 0.2) is 0 Å². The van der Waals surface area contributed by atoms with E-state index in [9.17, 15) is 0 Å². The van der Waals surface area contributed by atoms with Gasteiger partial charge in [0, 0.05) is 0 Å². The Bertz CT molecular complexity index is 477. The number of hydrogen-bond donors (Lipinski definition) is 0.